The molecule has 0 fully saturated rings. The van der Waals surface area contributed by atoms with Crippen LogP contribution in [0.1, 0.15) is 43.4 Å². The van der Waals surface area contributed by atoms with Gasteiger partial charge in [-0.1, -0.05) is 37.6 Å². The molecule has 0 radical (unpaired) electrons. The largest absolute Gasteiger partial charge is 0.388 e. The molecule has 1 aromatic rings. The molecule has 3 nitrogen and oxygen atoms in total. The topological polar surface area (TPSA) is 49.3 Å². The highest BCUT2D eigenvalue weighted by molar-refractivity contribution is 5.91. The molecule has 110 valence electrons. The van der Waals surface area contributed by atoms with Crippen molar-refractivity contribution < 1.29 is 9.90 Å². The van der Waals surface area contributed by atoms with E-state index in [9.17, 15) is 9.90 Å². The van der Waals surface area contributed by atoms with E-state index in [0.717, 1.165) is 11.1 Å². The summed E-state index contributed by atoms with van der Waals surface area (Å²) in [6, 6.07) is 6.12. The van der Waals surface area contributed by atoms with Crippen molar-refractivity contribution in [2.24, 2.45) is 0 Å². The van der Waals surface area contributed by atoms with E-state index in [2.05, 4.69) is 11.4 Å². The first-order chi connectivity index (χ1) is 9.40. The molecule has 1 rings (SSSR count). The summed E-state index contributed by atoms with van der Waals surface area (Å²) < 4.78 is 0. The number of nitrogens with one attached hydrogen (secondary N) is 1. The molecule has 0 aliphatic carbocycles. The molecule has 1 aromatic carbocycles. The predicted octanol–water partition coefficient (Wildman–Crippen LogP) is 2.98. The van der Waals surface area contributed by atoms with E-state index in [4.69, 9.17) is 0 Å². The fourth-order valence-corrected chi connectivity index (χ4v) is 1.99. The maximum atomic E-state index is 11.8. The summed E-state index contributed by atoms with van der Waals surface area (Å²) in [5.41, 5.74) is 2.59. The zero-order chi connectivity index (χ0) is 15.2. The molecule has 0 saturated heterocycles. The van der Waals surface area contributed by atoms with Gasteiger partial charge in [-0.2, -0.15) is 0 Å². The number of benzene rings is 1. The number of aryl methyl sites for hydroxylation is 2. The predicted molar refractivity (Wildman–Crippen MR) is 83.5 cm³/mol. The Morgan fingerprint density at radius 1 is 1.30 bits per heavy atom. The maximum Gasteiger partial charge on any atom is 0.244 e. The number of hydrogen-bond acceptors (Lipinski definition) is 2. The lowest BCUT2D eigenvalue weighted by molar-refractivity contribution is -0.117. The van der Waals surface area contributed by atoms with Crippen LogP contribution in [0.4, 0.5) is 0 Å². The molecule has 2 N–H and O–H groups in total. The lowest BCUT2D eigenvalue weighted by atomic mass is 9.97. The van der Waals surface area contributed by atoms with Crippen molar-refractivity contribution in [3.8, 4) is 0 Å². The second-order valence-corrected chi connectivity index (χ2v) is 5.34. The number of amides is 1. The third kappa shape index (κ3) is 4.82. The minimum absolute atomic E-state index is 0.176. The fourth-order valence-electron chi connectivity index (χ4n) is 1.99. The zero-order valence-corrected chi connectivity index (χ0v) is 12.9. The monoisotopic (exact) mass is 275 g/mol. The van der Waals surface area contributed by atoms with E-state index < -0.39 is 5.60 Å². The quantitative estimate of drug-likeness (QED) is 0.784. The van der Waals surface area contributed by atoms with Gasteiger partial charge in [-0.15, -0.1) is 0 Å². The van der Waals surface area contributed by atoms with Crippen LogP contribution in [0, 0.1) is 13.8 Å². The number of hydrogen-bond donors (Lipinski definition) is 2. The van der Waals surface area contributed by atoms with Crippen molar-refractivity contribution in [2.75, 3.05) is 6.54 Å². The summed E-state index contributed by atoms with van der Waals surface area (Å²) in [5.74, 6) is -0.176. The Morgan fingerprint density at radius 3 is 2.50 bits per heavy atom. The highest BCUT2D eigenvalue weighted by Gasteiger charge is 2.22. The van der Waals surface area contributed by atoms with Gasteiger partial charge in [0.15, 0.2) is 0 Å². The maximum absolute atomic E-state index is 11.8. The highest BCUT2D eigenvalue weighted by Crippen LogP contribution is 2.13. The summed E-state index contributed by atoms with van der Waals surface area (Å²) in [7, 11) is 0. The first kappa shape index (κ1) is 16.4. The molecule has 0 aromatic heterocycles. The van der Waals surface area contributed by atoms with Gasteiger partial charge >= 0.3 is 0 Å². The van der Waals surface area contributed by atoms with Gasteiger partial charge in [-0.25, -0.2) is 0 Å². The van der Waals surface area contributed by atoms with Crippen LogP contribution in [0.15, 0.2) is 24.3 Å². The Kier molecular flexibility index (Phi) is 5.96. The number of rotatable bonds is 6. The van der Waals surface area contributed by atoms with E-state index >= 15 is 0 Å². The minimum atomic E-state index is -0.802. The van der Waals surface area contributed by atoms with Gasteiger partial charge < -0.3 is 10.4 Å². The van der Waals surface area contributed by atoms with E-state index in [1.807, 2.05) is 39.8 Å². The second kappa shape index (κ2) is 7.25. The van der Waals surface area contributed by atoms with Gasteiger partial charge in [-0.05, 0) is 43.9 Å². The van der Waals surface area contributed by atoms with Crippen LogP contribution < -0.4 is 5.32 Å². The van der Waals surface area contributed by atoms with Crippen LogP contribution in [0.3, 0.4) is 0 Å². The van der Waals surface area contributed by atoms with E-state index in [1.165, 1.54) is 11.6 Å². The minimum Gasteiger partial charge on any atom is -0.388 e. The van der Waals surface area contributed by atoms with Gasteiger partial charge in [0.05, 0.1) is 5.60 Å². The average molecular weight is 275 g/mol. The van der Waals surface area contributed by atoms with Gasteiger partial charge in [0.25, 0.3) is 0 Å². The van der Waals surface area contributed by atoms with Crippen LogP contribution in [-0.4, -0.2) is 23.2 Å². The first-order valence-corrected chi connectivity index (χ1v) is 7.15. The molecule has 0 spiro atoms. The Bertz CT molecular complexity index is 488. The van der Waals surface area contributed by atoms with Crippen molar-refractivity contribution in [1.82, 2.24) is 5.32 Å². The molecular weight excluding hydrogens is 250 g/mol. The molecule has 3 heteroatoms. The SMILES string of the molecule is CCC(O)(CC)CNC(=O)C=Cc1ccc(C)cc1C. The van der Waals surface area contributed by atoms with Crippen LogP contribution in [-0.2, 0) is 4.79 Å². The summed E-state index contributed by atoms with van der Waals surface area (Å²) >= 11 is 0. The van der Waals surface area contributed by atoms with Crippen molar-refractivity contribution in [3.63, 3.8) is 0 Å². The molecule has 0 bridgehead atoms. The summed E-state index contributed by atoms with van der Waals surface area (Å²) in [6.07, 6.45) is 4.58. The molecule has 0 atom stereocenters. The van der Waals surface area contributed by atoms with Crippen molar-refractivity contribution in [3.05, 3.63) is 41.0 Å². The van der Waals surface area contributed by atoms with Crippen LogP contribution in [0.2, 0.25) is 0 Å². The molecule has 0 aliphatic heterocycles. The number of aliphatic hydroxyl groups is 1. The van der Waals surface area contributed by atoms with E-state index in [-0.39, 0.29) is 12.5 Å². The van der Waals surface area contributed by atoms with Crippen LogP contribution in [0.25, 0.3) is 6.08 Å². The Morgan fingerprint density at radius 2 is 1.95 bits per heavy atom. The standard InChI is InChI=1S/C17H25NO2/c1-5-17(20,6-2)12-18-16(19)10-9-15-8-7-13(3)11-14(15)4/h7-11,20H,5-6,12H2,1-4H3,(H,18,19). The first-order valence-electron chi connectivity index (χ1n) is 7.15. The molecular formula is C17H25NO2. The third-order valence-corrected chi connectivity index (χ3v) is 3.75. The second-order valence-electron chi connectivity index (χ2n) is 5.34. The molecule has 0 aliphatic rings. The van der Waals surface area contributed by atoms with Crippen LogP contribution >= 0.6 is 0 Å². The molecule has 1 amide bonds. The number of carbonyl (C=O) groups is 1. The van der Waals surface area contributed by atoms with Crippen molar-refractivity contribution in [1.29, 1.82) is 0 Å². The molecule has 20 heavy (non-hydrogen) atoms. The average Bonchev–Trinajstić information content (AvgIpc) is 2.44. The summed E-state index contributed by atoms with van der Waals surface area (Å²) in [6.45, 7) is 8.19. The smallest absolute Gasteiger partial charge is 0.244 e. The lowest BCUT2D eigenvalue weighted by Gasteiger charge is -2.24. The fraction of sp³-hybridized carbons (Fsp3) is 0.471. The van der Waals surface area contributed by atoms with Gasteiger partial charge in [0, 0.05) is 12.6 Å². The van der Waals surface area contributed by atoms with E-state index in [0.29, 0.717) is 12.8 Å². The highest BCUT2D eigenvalue weighted by atomic mass is 16.3. The van der Waals surface area contributed by atoms with Crippen molar-refractivity contribution >= 4 is 12.0 Å². The summed E-state index contributed by atoms with van der Waals surface area (Å²) in [5, 5.41) is 12.8. The summed E-state index contributed by atoms with van der Waals surface area (Å²) in [4.78, 5) is 11.8. The normalized spacial score (nSPS) is 11.8. The lowest BCUT2D eigenvalue weighted by Crippen LogP contribution is -2.41. The Hall–Kier alpha value is -1.61. The zero-order valence-electron chi connectivity index (χ0n) is 12.9. The molecule has 0 unspecified atom stereocenters. The Balaban J connectivity index is 2.60. The molecule has 0 heterocycles. The van der Waals surface area contributed by atoms with Gasteiger partial charge in [-0.3, -0.25) is 4.79 Å². The van der Waals surface area contributed by atoms with Crippen LogP contribution in [0.5, 0.6) is 0 Å². The van der Waals surface area contributed by atoms with Gasteiger partial charge in [0.2, 0.25) is 5.91 Å². The third-order valence-electron chi connectivity index (χ3n) is 3.75. The Labute approximate surface area is 121 Å². The van der Waals surface area contributed by atoms with E-state index in [1.54, 1.807) is 6.08 Å². The van der Waals surface area contributed by atoms with Gasteiger partial charge in [0.1, 0.15) is 0 Å². The number of carbonyl (C=O) groups excluding carboxylic acids is 1. The van der Waals surface area contributed by atoms with Crippen molar-refractivity contribution in [2.45, 2.75) is 46.1 Å². The molecule has 0 saturated carbocycles.